The number of nitrogens with two attached hydrogens (primary N) is 4. The molecule has 2 saturated heterocycles. The molecule has 0 aliphatic carbocycles. The molecule has 2 aliphatic heterocycles. The molecule has 4 heterocycles. The van der Waals surface area contributed by atoms with Crippen LogP contribution in [-0.2, 0) is 95.4 Å². The van der Waals surface area contributed by atoms with Crippen molar-refractivity contribution in [3.05, 3.63) is 95.0 Å². The van der Waals surface area contributed by atoms with Gasteiger partial charge >= 0.3 is 72.6 Å². The van der Waals surface area contributed by atoms with Crippen LogP contribution in [0.1, 0.15) is 62.3 Å². The zero-order valence-corrected chi connectivity index (χ0v) is 61.4. The van der Waals surface area contributed by atoms with E-state index in [1.165, 1.54) is 9.80 Å². The number of benzene rings is 4. The minimum atomic E-state index is -1.86. The molecule has 4 aromatic carbocycles. The van der Waals surface area contributed by atoms with Crippen LogP contribution in [0.25, 0.3) is 44.3 Å². The van der Waals surface area contributed by atoms with Crippen LogP contribution >= 0.6 is 23.2 Å². The summed E-state index contributed by atoms with van der Waals surface area (Å²) in [5, 5.41) is 12.3. The first-order valence-corrected chi connectivity index (χ1v) is 33.0. The molecule has 8 rings (SSSR count). The number of aliphatic hydroxyl groups excluding tert-OH is 1. The number of aliphatic imine (C=N–C) groups is 2. The van der Waals surface area contributed by atoms with E-state index < -0.39 is 128 Å². The van der Waals surface area contributed by atoms with Crippen LogP contribution in [0.3, 0.4) is 0 Å². The normalized spacial score (nSPS) is 14.7. The fraction of sp³-hybridized carbons (Fsp3) is 0.397. The van der Waals surface area contributed by atoms with Gasteiger partial charge in [0.15, 0.2) is 48.5 Å². The van der Waals surface area contributed by atoms with Crippen molar-refractivity contribution in [1.29, 1.82) is 0 Å². The number of ether oxygens (including phenoxy) is 9. The van der Waals surface area contributed by atoms with E-state index in [0.717, 1.165) is 79.3 Å². The standard InChI is InChI=1S/C35H40ClN7O11.C33H38ClN7O10.Li.H2O/c1-18(44)50-17-28(51-19(2)45)30(52-20(3)46)31(53-21(4)47)32(54-22(5)48)33(49)43-13-11-42(12-14-43)25-8-6-7-23(15-25)29-26-16-24(36)9-10-27(26)39-35(40-29)41-34(37)38;1-17(43)48-26(16-42)28(49-18(2)44)29(50-19(3)45)30(51-20(4)46)31(47)41-12-10-40(11-13-41)23-7-5-6-21(14-23)27-24-15-22(34)8-9-25(24)37-33(38-27)39-32(35)36;;/h6-10,15-16,28,30-32H,11-14,17H2,1-5H3,(H4,37,38,39,40,41);5-9,14-15,26,28-30,42H,10-13,16H2,1-4H3,(H4,35,36,37,38,39);;1H2/q;;+1;/p-1/t28-,30-,31+,32-;26-,28-,29+,30-;;/m11../s1. The molecule has 107 heavy (non-hydrogen) atoms. The molecule has 0 spiro atoms. The van der Waals surface area contributed by atoms with Crippen molar-refractivity contribution < 1.29 is 125 Å². The molecule has 2 aromatic heterocycles. The molecule has 39 heteroatoms. The van der Waals surface area contributed by atoms with Gasteiger partial charge in [-0.1, -0.05) is 47.5 Å². The molecular weight excluding hydrogens is 1440 g/mol. The fourth-order valence-electron chi connectivity index (χ4n) is 11.4. The Bertz CT molecular complexity index is 4330. The second-order valence-corrected chi connectivity index (χ2v) is 24.4. The minimum absolute atomic E-state index is 0. The largest absolute Gasteiger partial charge is 1.00 e. The molecule has 0 radical (unpaired) electrons. The van der Waals surface area contributed by atoms with Gasteiger partial charge in [0.2, 0.25) is 12.2 Å². The summed E-state index contributed by atoms with van der Waals surface area (Å²) in [5.74, 6) is -9.83. The second-order valence-electron chi connectivity index (χ2n) is 23.5. The SMILES string of the molecule is CC(=O)OC[C@@H](OC(C)=O)[C@@H](OC(C)=O)[C@H](OC(C)=O)[C@@H](OC(C)=O)C(=O)N1CCN(c2cccc(-c3nc(N=C(N)N)nc4ccc(Cl)cc34)c2)CC1.CC(=O)O[C@@H]([C@H](OC(C)=O)[C@@H](OC(C)=O)C(=O)N1CCN(c2cccc(-c3nc(N=C(N)N)nc4ccc(Cl)cc34)c2)CC1)[C@@H](CO)OC(C)=O.[Li+].[OH-]. The van der Waals surface area contributed by atoms with Crippen molar-refractivity contribution in [2.75, 3.05) is 75.4 Å². The van der Waals surface area contributed by atoms with Crippen LogP contribution in [0.5, 0.6) is 0 Å². The maximum Gasteiger partial charge on any atom is 1.00 e. The van der Waals surface area contributed by atoms with Crippen LogP contribution in [0.15, 0.2) is 94.9 Å². The number of piperazine rings is 2. The number of esters is 9. The summed E-state index contributed by atoms with van der Waals surface area (Å²) in [6.45, 7) is 9.65. The van der Waals surface area contributed by atoms with Crippen molar-refractivity contribution in [3.8, 4) is 22.5 Å². The Morgan fingerprint density at radius 2 is 0.776 bits per heavy atom. The van der Waals surface area contributed by atoms with Crippen LogP contribution in [0, 0.1) is 0 Å². The van der Waals surface area contributed by atoms with Crippen molar-refractivity contribution in [2.24, 2.45) is 32.9 Å². The average Bonchev–Trinajstić information content (AvgIpc) is 0.788. The Kier molecular flexibility index (Phi) is 32.3. The molecule has 8 atom stereocenters. The molecule has 10 N–H and O–H groups in total. The van der Waals surface area contributed by atoms with E-state index in [0.29, 0.717) is 75.0 Å². The molecule has 2 aliphatic rings. The molecule has 568 valence electrons. The Balaban J connectivity index is 0.000000377. The Hall–Kier alpha value is -11.0. The number of aromatic nitrogens is 4. The molecule has 0 bridgehead atoms. The first-order valence-electron chi connectivity index (χ1n) is 32.2. The van der Waals surface area contributed by atoms with Gasteiger partial charge in [0, 0.05) is 158 Å². The Morgan fingerprint density at radius 3 is 1.10 bits per heavy atom. The van der Waals surface area contributed by atoms with Crippen LogP contribution < -0.4 is 51.6 Å². The summed E-state index contributed by atoms with van der Waals surface area (Å²) in [5.41, 5.74) is 27.6. The smallest absolute Gasteiger partial charge is 0.870 e. The van der Waals surface area contributed by atoms with Crippen LogP contribution in [-0.4, -0.2) is 232 Å². The first kappa shape index (κ1) is 86.6. The number of rotatable bonds is 25. The number of carbonyl (C=O) groups is 11. The van der Waals surface area contributed by atoms with E-state index in [-0.39, 0.29) is 74.3 Å². The van der Waals surface area contributed by atoms with Gasteiger partial charge in [-0.2, -0.15) is 9.98 Å². The van der Waals surface area contributed by atoms with Gasteiger partial charge in [0.1, 0.15) is 6.61 Å². The van der Waals surface area contributed by atoms with E-state index in [1.807, 2.05) is 58.3 Å². The number of hydrogen-bond acceptors (Lipinski definition) is 30. The number of halogens is 2. The predicted octanol–water partition coefficient (Wildman–Crippen LogP) is -0.156. The topological polar surface area (TPSA) is 514 Å². The van der Waals surface area contributed by atoms with E-state index in [4.69, 9.17) is 88.8 Å². The van der Waals surface area contributed by atoms with E-state index in [9.17, 15) is 57.8 Å². The summed E-state index contributed by atoms with van der Waals surface area (Å²) >= 11 is 12.6. The maximum atomic E-state index is 14.2. The predicted molar refractivity (Wildman–Crippen MR) is 379 cm³/mol. The number of fused-ring (bicyclic) bond motifs is 2. The van der Waals surface area contributed by atoms with Crippen LogP contribution in [0.4, 0.5) is 23.3 Å². The van der Waals surface area contributed by atoms with Gasteiger partial charge in [-0.05, 0) is 60.7 Å². The van der Waals surface area contributed by atoms with Crippen molar-refractivity contribution in [1.82, 2.24) is 29.7 Å². The summed E-state index contributed by atoms with van der Waals surface area (Å²) in [6, 6.07) is 25.3. The third-order valence-corrected chi connectivity index (χ3v) is 15.9. The van der Waals surface area contributed by atoms with E-state index in [1.54, 1.807) is 36.4 Å². The molecule has 0 unspecified atom stereocenters. The van der Waals surface area contributed by atoms with Gasteiger partial charge < -0.3 is 95.7 Å². The third-order valence-electron chi connectivity index (χ3n) is 15.4. The number of nitrogens with zero attached hydrogens (tertiary/aromatic N) is 10. The summed E-state index contributed by atoms with van der Waals surface area (Å²) in [4.78, 5) is 170. The molecule has 6 aromatic rings. The summed E-state index contributed by atoms with van der Waals surface area (Å²) in [7, 11) is 0. The molecule has 2 amide bonds. The molecular formula is C68H79Cl2LiN14O22. The quantitative estimate of drug-likeness (QED) is 0.0163. The van der Waals surface area contributed by atoms with Gasteiger partial charge in [0.25, 0.3) is 23.7 Å². The zero-order chi connectivity index (χ0) is 77.1. The minimum Gasteiger partial charge on any atom is -0.870 e. The summed E-state index contributed by atoms with van der Waals surface area (Å²) in [6.07, 6.45) is -13.9. The van der Waals surface area contributed by atoms with Gasteiger partial charge in [-0.15, -0.1) is 0 Å². The van der Waals surface area contributed by atoms with Gasteiger partial charge in [-0.3, -0.25) is 52.7 Å². The maximum absolute atomic E-state index is 14.2. The van der Waals surface area contributed by atoms with E-state index >= 15 is 0 Å². The number of hydrogen-bond donors (Lipinski definition) is 5. The first-order chi connectivity index (χ1) is 49.7. The van der Waals surface area contributed by atoms with Crippen molar-refractivity contribution in [2.45, 2.75) is 111 Å². The number of amides is 2. The summed E-state index contributed by atoms with van der Waals surface area (Å²) < 4.78 is 47.7. The zero-order valence-electron chi connectivity index (χ0n) is 59.9. The molecule has 36 nitrogen and oxygen atoms in total. The van der Waals surface area contributed by atoms with Crippen LogP contribution in [0.2, 0.25) is 10.0 Å². The fourth-order valence-corrected chi connectivity index (χ4v) is 11.7. The van der Waals surface area contributed by atoms with E-state index in [2.05, 4.69) is 29.9 Å². The number of aliphatic hydroxyl groups is 1. The van der Waals surface area contributed by atoms with Crippen molar-refractivity contribution >= 4 is 146 Å². The monoisotopic (exact) mass is 1520 g/mol. The van der Waals surface area contributed by atoms with Crippen molar-refractivity contribution in [3.63, 3.8) is 0 Å². The number of guanidine groups is 2. The number of anilines is 2. The third kappa shape index (κ3) is 24.8. The second kappa shape index (κ2) is 39.9. The van der Waals surface area contributed by atoms with Gasteiger partial charge in [0.05, 0.1) is 29.0 Å². The Labute approximate surface area is 634 Å². The average molecular weight is 1520 g/mol. The number of carbonyl (C=O) groups excluding carboxylic acids is 11. The Morgan fingerprint density at radius 1 is 0.439 bits per heavy atom. The molecule has 2 fully saturated rings. The molecule has 0 saturated carbocycles. The van der Waals surface area contributed by atoms with Gasteiger partial charge in [-0.25, -0.2) is 19.9 Å².